The molecule has 0 bridgehead atoms. The molecule has 2 aromatic heterocycles. The molecule has 4 rings (SSSR count). The van der Waals surface area contributed by atoms with Crippen LogP contribution in [0.25, 0.3) is 5.69 Å². The van der Waals surface area contributed by atoms with E-state index in [1.54, 1.807) is 12.4 Å². The molecule has 7 heteroatoms. The van der Waals surface area contributed by atoms with Crippen molar-refractivity contribution in [1.29, 1.82) is 0 Å². The Labute approximate surface area is 145 Å². The lowest BCUT2D eigenvalue weighted by Gasteiger charge is -2.32. The van der Waals surface area contributed by atoms with E-state index in [1.807, 2.05) is 48.6 Å². The van der Waals surface area contributed by atoms with Gasteiger partial charge in [-0.3, -0.25) is 4.79 Å². The smallest absolute Gasteiger partial charge is 0.276 e. The third-order valence-electron chi connectivity index (χ3n) is 4.57. The standard InChI is InChI=1S/C18H20N6O/c1-14-4-2-5-15(10-14)24-20-11-17(21-24)18(25)22-8-3-6-16(12-22)23-9-7-19-13-23/h2,4-5,7,9-11,13,16H,3,6,8,12H2,1H3/t16-/m0/s1. The summed E-state index contributed by atoms with van der Waals surface area (Å²) in [6.45, 7) is 3.44. The maximum atomic E-state index is 12.8. The Morgan fingerprint density at radius 1 is 1.32 bits per heavy atom. The third kappa shape index (κ3) is 3.17. The first-order valence-corrected chi connectivity index (χ1v) is 8.47. The number of piperidine rings is 1. The van der Waals surface area contributed by atoms with Crippen LogP contribution in [0.4, 0.5) is 0 Å². The summed E-state index contributed by atoms with van der Waals surface area (Å²) in [6, 6.07) is 8.16. The Bertz CT molecular complexity index is 869. The highest BCUT2D eigenvalue weighted by Crippen LogP contribution is 2.22. The molecule has 1 aliphatic heterocycles. The quantitative estimate of drug-likeness (QED) is 0.736. The maximum Gasteiger partial charge on any atom is 0.276 e. The topological polar surface area (TPSA) is 68.8 Å². The number of benzene rings is 1. The van der Waals surface area contributed by atoms with Gasteiger partial charge in [0.05, 0.1) is 24.3 Å². The molecule has 0 radical (unpaired) electrons. The Morgan fingerprint density at radius 3 is 3.04 bits per heavy atom. The lowest BCUT2D eigenvalue weighted by atomic mass is 10.1. The minimum Gasteiger partial charge on any atom is -0.335 e. The van der Waals surface area contributed by atoms with Crippen LogP contribution >= 0.6 is 0 Å². The van der Waals surface area contributed by atoms with Crippen LogP contribution < -0.4 is 0 Å². The molecule has 0 unspecified atom stereocenters. The summed E-state index contributed by atoms with van der Waals surface area (Å²) >= 11 is 0. The molecule has 0 spiro atoms. The SMILES string of the molecule is Cc1cccc(-n2ncc(C(=O)N3CCC[C@H](n4ccnc4)C3)n2)c1. The van der Waals surface area contributed by atoms with Gasteiger partial charge in [-0.2, -0.15) is 9.90 Å². The van der Waals surface area contributed by atoms with Crippen LogP contribution in [0.1, 0.15) is 34.9 Å². The van der Waals surface area contributed by atoms with Crippen LogP contribution in [0, 0.1) is 6.92 Å². The molecule has 1 aliphatic rings. The van der Waals surface area contributed by atoms with Crippen molar-refractivity contribution >= 4 is 5.91 Å². The maximum absolute atomic E-state index is 12.8. The Kier molecular flexibility index (Phi) is 4.05. The summed E-state index contributed by atoms with van der Waals surface area (Å²) in [4.78, 5) is 20.3. The summed E-state index contributed by atoms with van der Waals surface area (Å²) < 4.78 is 2.07. The van der Waals surface area contributed by atoms with Gasteiger partial charge in [-0.1, -0.05) is 12.1 Å². The number of nitrogens with zero attached hydrogens (tertiary/aromatic N) is 6. The van der Waals surface area contributed by atoms with Crippen LogP contribution in [0.2, 0.25) is 0 Å². The summed E-state index contributed by atoms with van der Waals surface area (Å²) in [5, 5.41) is 8.63. The monoisotopic (exact) mass is 336 g/mol. The number of imidazole rings is 1. The molecule has 128 valence electrons. The van der Waals surface area contributed by atoms with E-state index in [4.69, 9.17) is 0 Å². The number of aryl methyl sites for hydroxylation is 1. The average Bonchev–Trinajstić information content (AvgIpc) is 3.33. The summed E-state index contributed by atoms with van der Waals surface area (Å²) in [7, 11) is 0. The van der Waals surface area contributed by atoms with E-state index < -0.39 is 0 Å². The molecule has 7 nitrogen and oxygen atoms in total. The first kappa shape index (κ1) is 15.6. The van der Waals surface area contributed by atoms with E-state index in [-0.39, 0.29) is 11.9 Å². The van der Waals surface area contributed by atoms with Gasteiger partial charge in [0, 0.05) is 25.5 Å². The molecule has 25 heavy (non-hydrogen) atoms. The summed E-state index contributed by atoms with van der Waals surface area (Å²) in [5.41, 5.74) is 2.36. The number of carbonyl (C=O) groups excluding carboxylic acids is 1. The van der Waals surface area contributed by atoms with Crippen LogP contribution in [0.3, 0.4) is 0 Å². The van der Waals surface area contributed by atoms with Crippen molar-refractivity contribution in [2.24, 2.45) is 0 Å². The van der Waals surface area contributed by atoms with E-state index >= 15 is 0 Å². The van der Waals surface area contributed by atoms with Gasteiger partial charge in [-0.05, 0) is 37.5 Å². The first-order chi connectivity index (χ1) is 12.2. The number of amides is 1. The zero-order valence-corrected chi connectivity index (χ0v) is 14.1. The molecule has 0 aliphatic carbocycles. The van der Waals surface area contributed by atoms with Crippen LogP contribution in [0.5, 0.6) is 0 Å². The van der Waals surface area contributed by atoms with Gasteiger partial charge < -0.3 is 9.47 Å². The minimum atomic E-state index is -0.0660. The lowest BCUT2D eigenvalue weighted by molar-refractivity contribution is 0.0673. The third-order valence-corrected chi connectivity index (χ3v) is 4.57. The van der Waals surface area contributed by atoms with Crippen molar-refractivity contribution in [3.8, 4) is 5.69 Å². The highest BCUT2D eigenvalue weighted by molar-refractivity contribution is 5.92. The van der Waals surface area contributed by atoms with E-state index in [0.717, 1.165) is 30.6 Å². The zero-order chi connectivity index (χ0) is 17.2. The molecule has 0 saturated carbocycles. The van der Waals surface area contributed by atoms with Crippen molar-refractivity contribution in [2.45, 2.75) is 25.8 Å². The minimum absolute atomic E-state index is 0.0660. The number of likely N-dealkylation sites (tertiary alicyclic amines) is 1. The fourth-order valence-electron chi connectivity index (χ4n) is 3.27. The second kappa shape index (κ2) is 6.51. The Balaban J connectivity index is 1.51. The normalized spacial score (nSPS) is 17.6. The zero-order valence-electron chi connectivity index (χ0n) is 14.1. The Hall–Kier alpha value is -2.96. The van der Waals surface area contributed by atoms with Crippen LogP contribution in [0.15, 0.2) is 49.2 Å². The Morgan fingerprint density at radius 2 is 2.24 bits per heavy atom. The highest BCUT2D eigenvalue weighted by atomic mass is 16.2. The lowest BCUT2D eigenvalue weighted by Crippen LogP contribution is -2.40. The summed E-state index contributed by atoms with van der Waals surface area (Å²) in [6.07, 6.45) is 9.11. The molecular weight excluding hydrogens is 316 g/mol. The molecular formula is C18H20N6O. The molecule has 1 aromatic carbocycles. The molecule has 1 fully saturated rings. The molecule has 0 N–H and O–H groups in total. The van der Waals surface area contributed by atoms with Crippen molar-refractivity contribution in [3.05, 3.63) is 60.4 Å². The largest absolute Gasteiger partial charge is 0.335 e. The van der Waals surface area contributed by atoms with Crippen molar-refractivity contribution in [1.82, 2.24) is 29.4 Å². The van der Waals surface area contributed by atoms with E-state index in [0.29, 0.717) is 12.2 Å². The average molecular weight is 336 g/mol. The van der Waals surface area contributed by atoms with E-state index in [2.05, 4.69) is 19.7 Å². The first-order valence-electron chi connectivity index (χ1n) is 8.47. The second-order valence-corrected chi connectivity index (χ2v) is 6.42. The van der Waals surface area contributed by atoms with Crippen molar-refractivity contribution in [3.63, 3.8) is 0 Å². The number of hydrogen-bond donors (Lipinski definition) is 0. The van der Waals surface area contributed by atoms with Gasteiger partial charge in [0.25, 0.3) is 5.91 Å². The van der Waals surface area contributed by atoms with Crippen molar-refractivity contribution in [2.75, 3.05) is 13.1 Å². The molecule has 1 atom stereocenters. The molecule has 1 saturated heterocycles. The predicted octanol–water partition coefficient (Wildman–Crippen LogP) is 2.25. The van der Waals surface area contributed by atoms with E-state index in [9.17, 15) is 4.79 Å². The van der Waals surface area contributed by atoms with Crippen molar-refractivity contribution < 1.29 is 4.79 Å². The molecule has 3 heterocycles. The highest BCUT2D eigenvalue weighted by Gasteiger charge is 2.26. The van der Waals surface area contributed by atoms with Gasteiger partial charge in [-0.25, -0.2) is 4.98 Å². The van der Waals surface area contributed by atoms with Gasteiger partial charge in [0.2, 0.25) is 0 Å². The number of hydrogen-bond acceptors (Lipinski definition) is 4. The van der Waals surface area contributed by atoms with Gasteiger partial charge in [-0.15, -0.1) is 5.10 Å². The van der Waals surface area contributed by atoms with Gasteiger partial charge in [0.15, 0.2) is 5.69 Å². The number of carbonyl (C=O) groups is 1. The fourth-order valence-corrected chi connectivity index (χ4v) is 3.27. The van der Waals surface area contributed by atoms with Crippen LogP contribution in [-0.2, 0) is 0 Å². The van der Waals surface area contributed by atoms with Gasteiger partial charge in [0.1, 0.15) is 0 Å². The van der Waals surface area contributed by atoms with E-state index in [1.165, 1.54) is 4.80 Å². The molecule has 1 amide bonds. The fraction of sp³-hybridized carbons (Fsp3) is 0.333. The second-order valence-electron chi connectivity index (χ2n) is 6.42. The van der Waals surface area contributed by atoms with Gasteiger partial charge >= 0.3 is 0 Å². The predicted molar refractivity (Wildman–Crippen MR) is 92.5 cm³/mol. The summed E-state index contributed by atoms with van der Waals surface area (Å²) in [5.74, 6) is -0.0660. The number of rotatable bonds is 3. The molecule has 3 aromatic rings. The van der Waals surface area contributed by atoms with Crippen LogP contribution in [-0.4, -0.2) is 48.4 Å². The number of aromatic nitrogens is 5.